The van der Waals surface area contributed by atoms with Gasteiger partial charge in [0.1, 0.15) is 12.4 Å². The highest BCUT2D eigenvalue weighted by molar-refractivity contribution is 6.35. The second-order valence-corrected chi connectivity index (χ2v) is 6.37. The molecule has 142 valence electrons. The lowest BCUT2D eigenvalue weighted by Crippen LogP contribution is -2.41. The molecule has 0 aliphatic heterocycles. The van der Waals surface area contributed by atoms with Crippen LogP contribution in [0.2, 0.25) is 5.02 Å². The molecule has 0 aliphatic rings. The molecule has 0 unspecified atom stereocenters. The summed E-state index contributed by atoms with van der Waals surface area (Å²) in [6, 6.07) is 14.7. The Morgan fingerprint density at radius 1 is 1.19 bits per heavy atom. The molecule has 1 atom stereocenters. The Morgan fingerprint density at radius 3 is 2.63 bits per heavy atom. The van der Waals surface area contributed by atoms with Crippen molar-refractivity contribution in [2.45, 2.75) is 32.9 Å². The quantitative estimate of drug-likeness (QED) is 0.434. The van der Waals surface area contributed by atoms with Gasteiger partial charge in [-0.25, -0.2) is 5.43 Å². The van der Waals surface area contributed by atoms with Crippen LogP contribution in [0, 0.1) is 0 Å². The predicted octanol–water partition coefficient (Wildman–Crippen LogP) is 3.28. The monoisotopic (exact) mass is 387 g/mol. The van der Waals surface area contributed by atoms with Gasteiger partial charge in [0, 0.05) is 16.6 Å². The van der Waals surface area contributed by atoms with E-state index in [4.69, 9.17) is 16.3 Å². The topological polar surface area (TPSA) is 79.8 Å². The third-order valence-corrected chi connectivity index (χ3v) is 4.01. The van der Waals surface area contributed by atoms with Crippen molar-refractivity contribution >= 4 is 29.6 Å². The molecule has 2 aromatic carbocycles. The van der Waals surface area contributed by atoms with Gasteiger partial charge < -0.3 is 10.1 Å². The number of hydrazone groups is 1. The first kappa shape index (κ1) is 20.5. The van der Waals surface area contributed by atoms with Crippen LogP contribution >= 0.6 is 11.6 Å². The van der Waals surface area contributed by atoms with Crippen LogP contribution in [0.1, 0.15) is 31.4 Å². The summed E-state index contributed by atoms with van der Waals surface area (Å²) in [7, 11) is 0. The van der Waals surface area contributed by atoms with E-state index in [0.29, 0.717) is 22.9 Å². The van der Waals surface area contributed by atoms with Gasteiger partial charge in [0.25, 0.3) is 0 Å². The fourth-order valence-corrected chi connectivity index (χ4v) is 2.27. The molecule has 0 fully saturated rings. The maximum atomic E-state index is 11.8. The summed E-state index contributed by atoms with van der Waals surface area (Å²) in [4.78, 5) is 23.4. The second kappa shape index (κ2) is 10.3. The lowest BCUT2D eigenvalue weighted by Gasteiger charge is -2.10. The van der Waals surface area contributed by atoms with E-state index >= 15 is 0 Å². The minimum atomic E-state index is -0.833. The Labute approximate surface area is 163 Å². The van der Waals surface area contributed by atoms with Crippen LogP contribution in [0.5, 0.6) is 5.75 Å². The smallest absolute Gasteiger partial charge is 0.329 e. The Hall–Kier alpha value is -2.86. The lowest BCUT2D eigenvalue weighted by atomic mass is 10.2. The number of amides is 2. The van der Waals surface area contributed by atoms with Gasteiger partial charge >= 0.3 is 11.8 Å². The number of ether oxygens (including phenoxy) is 1. The third-order valence-electron chi connectivity index (χ3n) is 3.77. The molecule has 27 heavy (non-hydrogen) atoms. The summed E-state index contributed by atoms with van der Waals surface area (Å²) in [5.41, 5.74) is 3.80. The van der Waals surface area contributed by atoms with Crippen molar-refractivity contribution in [1.29, 1.82) is 0 Å². The van der Waals surface area contributed by atoms with Crippen LogP contribution in [0.25, 0.3) is 0 Å². The molecular weight excluding hydrogens is 366 g/mol. The first-order chi connectivity index (χ1) is 13.0. The summed E-state index contributed by atoms with van der Waals surface area (Å²) in [5.74, 6) is -1.00. The molecule has 6 nitrogen and oxygen atoms in total. The molecule has 0 spiro atoms. The van der Waals surface area contributed by atoms with Crippen LogP contribution in [0.4, 0.5) is 0 Å². The molecule has 0 radical (unpaired) electrons. The molecule has 2 aromatic rings. The molecule has 7 heteroatoms. The van der Waals surface area contributed by atoms with E-state index in [2.05, 4.69) is 15.8 Å². The summed E-state index contributed by atoms with van der Waals surface area (Å²) in [6.07, 6.45) is 2.12. The number of benzene rings is 2. The molecule has 0 bridgehead atoms. The van der Waals surface area contributed by atoms with E-state index in [1.165, 1.54) is 6.21 Å². The highest BCUT2D eigenvalue weighted by Gasteiger charge is 2.14. The van der Waals surface area contributed by atoms with E-state index < -0.39 is 11.8 Å². The first-order valence-corrected chi connectivity index (χ1v) is 8.97. The molecular formula is C20H22ClN3O3. The molecule has 2 amide bonds. The van der Waals surface area contributed by atoms with Gasteiger partial charge in [0.05, 0.1) is 6.21 Å². The number of carbonyl (C=O) groups excluding carboxylic acids is 2. The average molecular weight is 388 g/mol. The molecule has 0 aromatic heterocycles. The number of rotatable bonds is 7. The zero-order valence-corrected chi connectivity index (χ0v) is 16.0. The summed E-state index contributed by atoms with van der Waals surface area (Å²) < 4.78 is 5.81. The van der Waals surface area contributed by atoms with Gasteiger partial charge in [-0.15, -0.1) is 0 Å². The molecule has 0 saturated carbocycles. The Balaban J connectivity index is 2.00. The van der Waals surface area contributed by atoms with Crippen molar-refractivity contribution in [3.05, 3.63) is 64.7 Å². The Kier molecular flexibility index (Phi) is 7.82. The lowest BCUT2D eigenvalue weighted by molar-refractivity contribution is -0.139. The SMILES string of the molecule is CC[C@@H](C)NC(=O)C(=O)N/N=C\c1cc(Cl)ccc1OCc1ccccc1. The summed E-state index contributed by atoms with van der Waals surface area (Å²) >= 11 is 6.03. The van der Waals surface area contributed by atoms with E-state index in [1.54, 1.807) is 18.2 Å². The van der Waals surface area contributed by atoms with Gasteiger partial charge in [-0.1, -0.05) is 48.9 Å². The van der Waals surface area contributed by atoms with Crippen LogP contribution in [0.3, 0.4) is 0 Å². The number of nitrogens with one attached hydrogen (secondary N) is 2. The zero-order valence-electron chi connectivity index (χ0n) is 15.2. The Bertz CT molecular complexity index is 809. The van der Waals surface area contributed by atoms with Gasteiger partial charge in [0.15, 0.2) is 0 Å². The number of hydrogen-bond acceptors (Lipinski definition) is 4. The third kappa shape index (κ3) is 6.75. The van der Waals surface area contributed by atoms with Crippen molar-refractivity contribution in [2.75, 3.05) is 0 Å². The van der Waals surface area contributed by atoms with Gasteiger partial charge in [-0.05, 0) is 37.1 Å². The largest absolute Gasteiger partial charge is 0.488 e. The van der Waals surface area contributed by atoms with E-state index in [9.17, 15) is 9.59 Å². The molecule has 0 heterocycles. The van der Waals surface area contributed by atoms with Gasteiger partial charge in [-0.3, -0.25) is 9.59 Å². The highest BCUT2D eigenvalue weighted by Crippen LogP contribution is 2.22. The fraction of sp³-hybridized carbons (Fsp3) is 0.250. The zero-order chi connectivity index (χ0) is 19.6. The van der Waals surface area contributed by atoms with Gasteiger partial charge in [-0.2, -0.15) is 5.10 Å². The predicted molar refractivity (Wildman–Crippen MR) is 106 cm³/mol. The minimum absolute atomic E-state index is 0.0850. The molecule has 2 rings (SSSR count). The van der Waals surface area contributed by atoms with E-state index in [0.717, 1.165) is 12.0 Å². The first-order valence-electron chi connectivity index (χ1n) is 8.59. The number of nitrogens with zero attached hydrogens (tertiary/aromatic N) is 1. The maximum Gasteiger partial charge on any atom is 0.329 e. The van der Waals surface area contributed by atoms with Crippen molar-refractivity contribution in [3.63, 3.8) is 0 Å². The Morgan fingerprint density at radius 2 is 1.93 bits per heavy atom. The molecule has 0 aliphatic carbocycles. The minimum Gasteiger partial charge on any atom is -0.488 e. The van der Waals surface area contributed by atoms with Crippen molar-refractivity contribution in [3.8, 4) is 5.75 Å². The molecule has 0 saturated heterocycles. The van der Waals surface area contributed by atoms with Crippen LogP contribution in [0.15, 0.2) is 53.6 Å². The van der Waals surface area contributed by atoms with Gasteiger partial charge in [0.2, 0.25) is 0 Å². The van der Waals surface area contributed by atoms with Crippen LogP contribution in [-0.4, -0.2) is 24.1 Å². The van der Waals surface area contributed by atoms with E-state index in [-0.39, 0.29) is 6.04 Å². The number of carbonyl (C=O) groups is 2. The van der Waals surface area contributed by atoms with E-state index in [1.807, 2.05) is 44.2 Å². The van der Waals surface area contributed by atoms with Crippen LogP contribution in [-0.2, 0) is 16.2 Å². The maximum absolute atomic E-state index is 11.8. The summed E-state index contributed by atoms with van der Waals surface area (Å²) in [5, 5.41) is 6.90. The summed E-state index contributed by atoms with van der Waals surface area (Å²) in [6.45, 7) is 4.11. The molecule has 2 N–H and O–H groups in total. The number of hydrogen-bond donors (Lipinski definition) is 2. The number of halogens is 1. The normalized spacial score (nSPS) is 11.8. The van der Waals surface area contributed by atoms with Crippen molar-refractivity contribution < 1.29 is 14.3 Å². The highest BCUT2D eigenvalue weighted by atomic mass is 35.5. The second-order valence-electron chi connectivity index (χ2n) is 5.94. The van der Waals surface area contributed by atoms with Crippen molar-refractivity contribution in [1.82, 2.24) is 10.7 Å². The standard InChI is InChI=1S/C20H22ClN3O3/c1-3-14(2)23-19(25)20(26)24-22-12-16-11-17(21)9-10-18(16)27-13-15-7-5-4-6-8-15/h4-12,14H,3,13H2,1-2H3,(H,23,25)(H,24,26)/b22-12-/t14-/m1/s1. The van der Waals surface area contributed by atoms with Crippen molar-refractivity contribution in [2.24, 2.45) is 5.10 Å². The van der Waals surface area contributed by atoms with Crippen LogP contribution < -0.4 is 15.5 Å². The fourth-order valence-electron chi connectivity index (χ4n) is 2.09. The average Bonchev–Trinajstić information content (AvgIpc) is 2.67.